The molecule has 0 radical (unpaired) electrons. The van der Waals surface area contributed by atoms with E-state index in [-0.39, 0.29) is 17.3 Å². The predicted molar refractivity (Wildman–Crippen MR) is 106 cm³/mol. The first-order valence-electron chi connectivity index (χ1n) is 8.21. The van der Waals surface area contributed by atoms with E-state index in [4.69, 9.17) is 4.74 Å². The van der Waals surface area contributed by atoms with Gasteiger partial charge in [0.25, 0.3) is 5.91 Å². The average Bonchev–Trinajstić information content (AvgIpc) is 3.01. The van der Waals surface area contributed by atoms with Crippen molar-refractivity contribution in [3.63, 3.8) is 0 Å². The number of nitro groups is 1. The molecule has 1 aliphatic heterocycles. The lowest BCUT2D eigenvalue weighted by Crippen LogP contribution is -2.19. The van der Waals surface area contributed by atoms with Gasteiger partial charge in [-0.2, -0.15) is 0 Å². The lowest BCUT2D eigenvalue weighted by molar-refractivity contribution is -0.385. The van der Waals surface area contributed by atoms with Gasteiger partial charge in [0.15, 0.2) is 10.9 Å². The Bertz CT molecular complexity index is 952. The molecule has 0 unspecified atom stereocenters. The predicted octanol–water partition coefficient (Wildman–Crippen LogP) is 4.06. The zero-order chi connectivity index (χ0) is 19.4. The van der Waals surface area contributed by atoms with Crippen molar-refractivity contribution in [2.75, 3.05) is 7.11 Å². The molecule has 0 atom stereocenters. The van der Waals surface area contributed by atoms with Crippen LogP contribution >= 0.6 is 11.8 Å². The van der Waals surface area contributed by atoms with Crippen LogP contribution in [0, 0.1) is 10.1 Å². The minimum Gasteiger partial charge on any atom is -0.490 e. The lowest BCUT2D eigenvalue weighted by Gasteiger charge is -2.02. The number of methoxy groups -OCH3 is 1. The second-order valence-corrected chi connectivity index (χ2v) is 6.72. The molecule has 7 nitrogen and oxygen atoms in total. The highest BCUT2D eigenvalue weighted by Gasteiger charge is 2.24. The number of carbonyl (C=O) groups is 1. The van der Waals surface area contributed by atoms with E-state index in [0.717, 1.165) is 12.1 Å². The summed E-state index contributed by atoms with van der Waals surface area (Å²) in [6.45, 7) is 2.08. The number of aryl methyl sites for hydroxylation is 1. The first kappa shape index (κ1) is 18.7. The SMILES string of the molecule is CCc1ccc(N=C2NC(=O)/C(=C/c3ccc(OC)c([N+](=O)[O-])c3)S2)cc1. The fourth-order valence-corrected chi connectivity index (χ4v) is 3.34. The number of nitro benzene ring substituents is 1. The van der Waals surface area contributed by atoms with Crippen molar-refractivity contribution in [1.29, 1.82) is 0 Å². The molecule has 1 aliphatic rings. The van der Waals surface area contributed by atoms with E-state index in [9.17, 15) is 14.9 Å². The molecular formula is C19H17N3O4S. The smallest absolute Gasteiger partial charge is 0.311 e. The van der Waals surface area contributed by atoms with Gasteiger partial charge in [0.2, 0.25) is 0 Å². The van der Waals surface area contributed by atoms with E-state index >= 15 is 0 Å². The van der Waals surface area contributed by atoms with Crippen molar-refractivity contribution in [2.45, 2.75) is 13.3 Å². The molecule has 8 heteroatoms. The van der Waals surface area contributed by atoms with Crippen molar-refractivity contribution in [1.82, 2.24) is 5.32 Å². The first-order chi connectivity index (χ1) is 13.0. The summed E-state index contributed by atoms with van der Waals surface area (Å²) in [6.07, 6.45) is 2.54. The third-order valence-corrected chi connectivity index (χ3v) is 4.83. The molecule has 138 valence electrons. The number of amidine groups is 1. The first-order valence-corrected chi connectivity index (χ1v) is 9.02. The monoisotopic (exact) mass is 383 g/mol. The molecule has 1 saturated heterocycles. The standard InChI is InChI=1S/C19H17N3O4S/c1-3-12-4-7-14(8-5-12)20-19-21-18(23)17(27-19)11-13-6-9-16(26-2)15(10-13)22(24)25/h4-11H,3H2,1-2H3,(H,20,21,23)/b17-11-. The highest BCUT2D eigenvalue weighted by molar-refractivity contribution is 8.18. The van der Waals surface area contributed by atoms with Crippen molar-refractivity contribution >= 4 is 40.3 Å². The maximum Gasteiger partial charge on any atom is 0.311 e. The largest absolute Gasteiger partial charge is 0.490 e. The van der Waals surface area contributed by atoms with E-state index in [1.807, 2.05) is 24.3 Å². The Labute approximate surface area is 160 Å². The molecule has 1 heterocycles. The van der Waals surface area contributed by atoms with Gasteiger partial charge in [0, 0.05) is 6.07 Å². The third kappa shape index (κ3) is 4.35. The highest BCUT2D eigenvalue weighted by Crippen LogP contribution is 2.32. The fraction of sp³-hybridized carbons (Fsp3) is 0.158. The molecule has 0 aliphatic carbocycles. The van der Waals surface area contributed by atoms with Gasteiger partial charge in [-0.25, -0.2) is 4.99 Å². The molecule has 1 fully saturated rings. The zero-order valence-electron chi connectivity index (χ0n) is 14.8. The second-order valence-electron chi connectivity index (χ2n) is 5.69. The number of nitrogens with one attached hydrogen (secondary N) is 1. The van der Waals surface area contributed by atoms with Crippen LogP contribution in [-0.4, -0.2) is 23.1 Å². The van der Waals surface area contributed by atoms with Crippen LogP contribution in [-0.2, 0) is 11.2 Å². The van der Waals surface area contributed by atoms with E-state index in [2.05, 4.69) is 17.2 Å². The highest BCUT2D eigenvalue weighted by atomic mass is 32.2. The maximum absolute atomic E-state index is 12.2. The number of aliphatic imine (C=N–C) groups is 1. The Balaban J connectivity index is 1.83. The summed E-state index contributed by atoms with van der Waals surface area (Å²) in [6, 6.07) is 12.3. The van der Waals surface area contributed by atoms with Crippen LogP contribution in [0.25, 0.3) is 6.08 Å². The van der Waals surface area contributed by atoms with E-state index in [1.54, 1.807) is 12.1 Å². The van der Waals surface area contributed by atoms with E-state index < -0.39 is 4.92 Å². The van der Waals surface area contributed by atoms with Gasteiger partial charge in [-0.3, -0.25) is 14.9 Å². The number of nitrogens with zero attached hydrogens (tertiary/aromatic N) is 2. The number of hydrogen-bond donors (Lipinski definition) is 1. The summed E-state index contributed by atoms with van der Waals surface area (Å²) in [4.78, 5) is 27.6. The number of benzene rings is 2. The Kier molecular flexibility index (Phi) is 5.56. The minimum absolute atomic E-state index is 0.153. The number of hydrogen-bond acceptors (Lipinski definition) is 6. The molecule has 1 amide bonds. The molecule has 2 aromatic rings. The quantitative estimate of drug-likeness (QED) is 0.477. The second kappa shape index (κ2) is 8.05. The van der Waals surface area contributed by atoms with Gasteiger partial charge in [-0.05, 0) is 53.6 Å². The van der Waals surface area contributed by atoms with Crippen LogP contribution in [0.5, 0.6) is 5.75 Å². The van der Waals surface area contributed by atoms with Gasteiger partial charge >= 0.3 is 5.69 Å². The summed E-state index contributed by atoms with van der Waals surface area (Å²) in [5, 5.41) is 14.3. The number of ether oxygens (including phenoxy) is 1. The van der Waals surface area contributed by atoms with E-state index in [0.29, 0.717) is 15.6 Å². The molecule has 27 heavy (non-hydrogen) atoms. The van der Waals surface area contributed by atoms with Crippen LogP contribution in [0.3, 0.4) is 0 Å². The zero-order valence-corrected chi connectivity index (χ0v) is 15.6. The van der Waals surface area contributed by atoms with Crippen molar-refractivity contribution in [3.8, 4) is 5.75 Å². The third-order valence-electron chi connectivity index (χ3n) is 3.92. The normalized spacial score (nSPS) is 16.6. The maximum atomic E-state index is 12.2. The summed E-state index contributed by atoms with van der Waals surface area (Å²) in [7, 11) is 1.37. The average molecular weight is 383 g/mol. The molecule has 1 N–H and O–H groups in total. The number of amides is 1. The van der Waals surface area contributed by atoms with Gasteiger partial charge < -0.3 is 10.1 Å². The van der Waals surface area contributed by atoms with Crippen LogP contribution in [0.4, 0.5) is 11.4 Å². The Morgan fingerprint density at radius 1 is 1.26 bits per heavy atom. The number of rotatable bonds is 5. The summed E-state index contributed by atoms with van der Waals surface area (Å²) in [5.74, 6) is -0.120. The summed E-state index contributed by atoms with van der Waals surface area (Å²) < 4.78 is 4.99. The van der Waals surface area contributed by atoms with Crippen LogP contribution in [0.1, 0.15) is 18.1 Å². The molecule has 0 aromatic heterocycles. The molecule has 0 spiro atoms. The minimum atomic E-state index is -0.518. The van der Waals surface area contributed by atoms with Crippen LogP contribution < -0.4 is 10.1 Å². The van der Waals surface area contributed by atoms with Gasteiger partial charge in [0.1, 0.15) is 0 Å². The Hall–Kier alpha value is -3.13. The molecular weight excluding hydrogens is 366 g/mol. The molecule has 0 bridgehead atoms. The van der Waals surface area contributed by atoms with Crippen LogP contribution in [0.2, 0.25) is 0 Å². The molecule has 2 aromatic carbocycles. The van der Waals surface area contributed by atoms with Gasteiger partial charge in [-0.15, -0.1) is 0 Å². The molecule has 3 rings (SSSR count). The number of thioether (sulfide) groups is 1. The molecule has 0 saturated carbocycles. The topological polar surface area (TPSA) is 93.8 Å². The Morgan fingerprint density at radius 2 is 2.00 bits per heavy atom. The fourth-order valence-electron chi connectivity index (χ4n) is 2.49. The van der Waals surface area contributed by atoms with Gasteiger partial charge in [-0.1, -0.05) is 25.1 Å². The summed E-state index contributed by atoms with van der Waals surface area (Å²) in [5.41, 5.74) is 2.34. The van der Waals surface area contributed by atoms with Crippen molar-refractivity contribution in [2.24, 2.45) is 4.99 Å². The Morgan fingerprint density at radius 3 is 2.63 bits per heavy atom. The van der Waals surface area contributed by atoms with Gasteiger partial charge in [0.05, 0.1) is 22.6 Å². The van der Waals surface area contributed by atoms with E-state index in [1.165, 1.54) is 36.6 Å². The summed E-state index contributed by atoms with van der Waals surface area (Å²) >= 11 is 1.19. The van der Waals surface area contributed by atoms with Crippen molar-refractivity contribution < 1.29 is 14.5 Å². The van der Waals surface area contributed by atoms with Crippen molar-refractivity contribution in [3.05, 3.63) is 68.6 Å². The number of carbonyl (C=O) groups excluding carboxylic acids is 1. The lowest BCUT2D eigenvalue weighted by atomic mass is 10.1. The van der Waals surface area contributed by atoms with Crippen LogP contribution in [0.15, 0.2) is 52.4 Å².